The summed E-state index contributed by atoms with van der Waals surface area (Å²) in [6.45, 7) is 4.82. The third kappa shape index (κ3) is 4.89. The van der Waals surface area contributed by atoms with Gasteiger partial charge in [0.25, 0.3) is 0 Å². The highest BCUT2D eigenvalue weighted by Crippen LogP contribution is 2.31. The van der Waals surface area contributed by atoms with Gasteiger partial charge in [-0.15, -0.1) is 11.8 Å². The molecule has 0 unspecified atom stereocenters. The van der Waals surface area contributed by atoms with Crippen LogP contribution in [0.25, 0.3) is 6.08 Å². The summed E-state index contributed by atoms with van der Waals surface area (Å²) in [5.74, 6) is -2.90. The van der Waals surface area contributed by atoms with Gasteiger partial charge < -0.3 is 4.74 Å². The molecule has 0 aliphatic heterocycles. The first-order chi connectivity index (χ1) is 12.5. The van der Waals surface area contributed by atoms with Crippen LogP contribution in [0, 0.1) is 24.4 Å². The molecule has 0 saturated carbocycles. The second-order valence-electron chi connectivity index (χ2n) is 5.57. The van der Waals surface area contributed by atoms with Crippen molar-refractivity contribution in [1.82, 2.24) is 0 Å². The van der Waals surface area contributed by atoms with E-state index in [2.05, 4.69) is 6.58 Å². The Morgan fingerprint density at radius 3 is 2.46 bits per heavy atom. The highest BCUT2D eigenvalue weighted by atomic mass is 32.2. The summed E-state index contributed by atoms with van der Waals surface area (Å²) in [4.78, 5) is 0. The monoisotopic (exact) mass is 396 g/mol. The van der Waals surface area contributed by atoms with Crippen LogP contribution in [0.5, 0.6) is 5.75 Å². The van der Waals surface area contributed by atoms with Crippen molar-refractivity contribution in [2.24, 2.45) is 0 Å². The molecule has 0 fully saturated rings. The maximum absolute atomic E-state index is 14.0. The van der Waals surface area contributed by atoms with Crippen molar-refractivity contribution in [2.45, 2.75) is 19.8 Å². The third-order valence-electron chi connectivity index (χ3n) is 3.77. The van der Waals surface area contributed by atoms with Crippen LogP contribution in [0.3, 0.4) is 0 Å². The second-order valence-corrected chi connectivity index (χ2v) is 7.34. The summed E-state index contributed by atoms with van der Waals surface area (Å²) in [5.41, 5.74) is 0.478. The minimum absolute atomic E-state index is 0.0570. The lowest BCUT2D eigenvalue weighted by atomic mass is 10.1. The van der Waals surface area contributed by atoms with E-state index in [1.54, 1.807) is 11.8 Å². The molecule has 0 aliphatic carbocycles. The highest BCUT2D eigenvalue weighted by Gasteiger charge is 2.22. The van der Waals surface area contributed by atoms with E-state index in [-0.39, 0.29) is 17.9 Å². The minimum Gasteiger partial charge on any atom is -0.490 e. The number of thioether (sulfide) groups is 1. The van der Waals surface area contributed by atoms with Crippen molar-refractivity contribution in [2.75, 3.05) is 12.4 Å². The van der Waals surface area contributed by atoms with E-state index < -0.39 is 23.0 Å². The average Bonchev–Trinajstić information content (AvgIpc) is 2.66. The zero-order valence-electron chi connectivity index (χ0n) is 14.4. The van der Waals surface area contributed by atoms with Gasteiger partial charge in [0.2, 0.25) is 5.82 Å². The molecule has 0 bridgehead atoms. The topological polar surface area (TPSA) is 9.23 Å². The number of rotatable bonds is 8. The molecule has 26 heavy (non-hydrogen) atoms. The minimum atomic E-state index is -1.28. The summed E-state index contributed by atoms with van der Waals surface area (Å²) in [7, 11) is 0. The molecule has 2 aromatic carbocycles. The molecular formula is C20H19F3OS2. The Morgan fingerprint density at radius 2 is 1.81 bits per heavy atom. The van der Waals surface area contributed by atoms with Crippen molar-refractivity contribution in [3.05, 3.63) is 71.1 Å². The average molecular weight is 396 g/mol. The molecule has 0 N–H and O–H groups in total. The number of benzene rings is 2. The van der Waals surface area contributed by atoms with Gasteiger partial charge in [-0.1, -0.05) is 55.2 Å². The van der Waals surface area contributed by atoms with Crippen LogP contribution in [-0.2, 0) is 0 Å². The van der Waals surface area contributed by atoms with E-state index in [0.29, 0.717) is 6.42 Å². The van der Waals surface area contributed by atoms with E-state index in [1.165, 1.54) is 6.92 Å². The van der Waals surface area contributed by atoms with Gasteiger partial charge >= 0.3 is 0 Å². The Balaban J connectivity index is 1.82. The Labute approximate surface area is 161 Å². The number of halogens is 3. The fraction of sp³-hybridized carbons (Fsp3) is 0.250. The number of unbranched alkanes of at least 4 members (excludes halogenated alkanes) is 1. The molecule has 1 nitrogen and oxygen atoms in total. The number of hydrogen-bond acceptors (Lipinski definition) is 3. The summed E-state index contributed by atoms with van der Waals surface area (Å²) in [6, 6.07) is 9.72. The summed E-state index contributed by atoms with van der Waals surface area (Å²) in [6.07, 6.45) is 2.36. The Kier molecular flexibility index (Phi) is 7.72. The van der Waals surface area contributed by atoms with E-state index in [1.807, 2.05) is 30.3 Å². The largest absolute Gasteiger partial charge is 0.490 e. The van der Waals surface area contributed by atoms with E-state index in [4.69, 9.17) is 17.0 Å². The van der Waals surface area contributed by atoms with E-state index >= 15 is 0 Å². The molecule has 0 heterocycles. The van der Waals surface area contributed by atoms with E-state index in [9.17, 15) is 13.2 Å². The summed E-state index contributed by atoms with van der Waals surface area (Å²) < 4.78 is 47.9. The van der Waals surface area contributed by atoms with Gasteiger partial charge in [0.05, 0.1) is 10.8 Å². The molecule has 6 heteroatoms. The summed E-state index contributed by atoms with van der Waals surface area (Å²) in [5, 5.41) is 0. The van der Waals surface area contributed by atoms with Crippen LogP contribution in [0.4, 0.5) is 13.2 Å². The number of hydrogen-bond donors (Lipinski definition) is 0. The SMILES string of the molecule is C=Cc1c(F)c(C)c(OCCCCSC(=S)c2ccccc2)c(F)c1F. The highest BCUT2D eigenvalue weighted by molar-refractivity contribution is 8.23. The lowest BCUT2D eigenvalue weighted by Crippen LogP contribution is -2.07. The first kappa shape index (κ1) is 20.5. The third-order valence-corrected chi connectivity index (χ3v) is 5.35. The predicted octanol–water partition coefficient (Wildman–Crippen LogP) is 6.32. The molecule has 0 atom stereocenters. The van der Waals surface area contributed by atoms with Crippen LogP contribution in [0.1, 0.15) is 29.5 Å². The molecule has 0 aromatic heterocycles. The lowest BCUT2D eigenvalue weighted by Gasteiger charge is -2.13. The molecule has 138 valence electrons. The first-order valence-electron chi connectivity index (χ1n) is 8.11. The Morgan fingerprint density at radius 1 is 1.12 bits per heavy atom. The number of thiocarbonyl (C=S) groups is 1. The smallest absolute Gasteiger partial charge is 0.201 e. The summed E-state index contributed by atoms with van der Waals surface area (Å²) >= 11 is 6.91. The van der Waals surface area contributed by atoms with Crippen molar-refractivity contribution < 1.29 is 17.9 Å². The fourth-order valence-electron chi connectivity index (χ4n) is 2.33. The van der Waals surface area contributed by atoms with Gasteiger partial charge in [-0.3, -0.25) is 0 Å². The standard InChI is InChI=1S/C20H19F3OS2/c1-3-15-16(21)13(2)19(18(23)17(15)22)24-11-7-8-12-26-20(25)14-9-5-4-6-10-14/h3-6,9-10H,1,7-8,11-12H2,2H3. The van der Waals surface area contributed by atoms with Crippen molar-refractivity contribution >= 4 is 34.3 Å². The first-order valence-corrected chi connectivity index (χ1v) is 9.51. The quantitative estimate of drug-likeness (QED) is 0.293. The van der Waals surface area contributed by atoms with Gasteiger partial charge in [-0.25, -0.2) is 8.78 Å². The van der Waals surface area contributed by atoms with Gasteiger partial charge in [-0.05, 0) is 31.1 Å². The maximum atomic E-state index is 14.0. The van der Waals surface area contributed by atoms with Crippen LogP contribution in [0.15, 0.2) is 36.9 Å². The Bertz CT molecular complexity index is 762. The molecule has 0 radical (unpaired) electrons. The maximum Gasteiger partial charge on any atom is 0.201 e. The zero-order valence-corrected chi connectivity index (χ0v) is 16.0. The predicted molar refractivity (Wildman–Crippen MR) is 106 cm³/mol. The van der Waals surface area contributed by atoms with Crippen LogP contribution >= 0.6 is 24.0 Å². The molecule has 0 spiro atoms. The van der Waals surface area contributed by atoms with Crippen molar-refractivity contribution in [3.63, 3.8) is 0 Å². The van der Waals surface area contributed by atoms with Gasteiger partial charge in [0.15, 0.2) is 11.6 Å². The van der Waals surface area contributed by atoms with Crippen LogP contribution in [0.2, 0.25) is 0 Å². The van der Waals surface area contributed by atoms with Crippen LogP contribution in [-0.4, -0.2) is 16.6 Å². The molecule has 2 rings (SSSR count). The number of ether oxygens (including phenoxy) is 1. The van der Waals surface area contributed by atoms with Gasteiger partial charge in [0.1, 0.15) is 5.82 Å². The molecule has 0 aliphatic rings. The molecule has 2 aromatic rings. The molecule has 0 saturated heterocycles. The normalized spacial score (nSPS) is 10.6. The fourth-order valence-corrected chi connectivity index (χ4v) is 3.55. The van der Waals surface area contributed by atoms with Gasteiger partial charge in [-0.2, -0.15) is 4.39 Å². The second kappa shape index (κ2) is 9.78. The zero-order chi connectivity index (χ0) is 19.1. The lowest BCUT2D eigenvalue weighted by molar-refractivity contribution is 0.284. The molecular weight excluding hydrogens is 377 g/mol. The van der Waals surface area contributed by atoms with Gasteiger partial charge in [0, 0.05) is 11.1 Å². The van der Waals surface area contributed by atoms with Crippen LogP contribution < -0.4 is 4.74 Å². The van der Waals surface area contributed by atoms with Crippen molar-refractivity contribution in [1.29, 1.82) is 0 Å². The van der Waals surface area contributed by atoms with E-state index in [0.717, 1.165) is 28.0 Å². The van der Waals surface area contributed by atoms with Crippen molar-refractivity contribution in [3.8, 4) is 5.75 Å². The Hall–Kier alpha value is -1.79. The molecule has 0 amide bonds.